The van der Waals surface area contributed by atoms with Gasteiger partial charge in [0.25, 0.3) is 0 Å². The monoisotopic (exact) mass is 430 g/mol. The molecule has 32 heavy (non-hydrogen) atoms. The van der Waals surface area contributed by atoms with Crippen LogP contribution in [0.2, 0.25) is 0 Å². The first-order chi connectivity index (χ1) is 15.5. The van der Waals surface area contributed by atoms with Crippen LogP contribution in [-0.4, -0.2) is 35.9 Å². The van der Waals surface area contributed by atoms with Crippen molar-refractivity contribution in [2.24, 2.45) is 5.16 Å². The maximum Gasteiger partial charge on any atom is 0.145 e. The molecular weight excluding hydrogens is 396 g/mol. The van der Waals surface area contributed by atoms with Crippen LogP contribution >= 0.6 is 0 Å². The normalized spacial score (nSPS) is 23.9. The van der Waals surface area contributed by atoms with E-state index in [1.165, 1.54) is 40.8 Å². The summed E-state index contributed by atoms with van der Waals surface area (Å²) in [6.45, 7) is 8.75. The zero-order chi connectivity index (χ0) is 21.8. The average Bonchev–Trinajstić information content (AvgIpc) is 3.57. The summed E-state index contributed by atoms with van der Waals surface area (Å²) >= 11 is 0. The third-order valence-electron chi connectivity index (χ3n) is 8.02. The Hall–Kier alpha value is -2.33. The van der Waals surface area contributed by atoms with Gasteiger partial charge in [-0.1, -0.05) is 61.5 Å². The summed E-state index contributed by atoms with van der Waals surface area (Å²) in [7, 11) is 0. The van der Waals surface area contributed by atoms with Crippen molar-refractivity contribution in [3.8, 4) is 5.75 Å². The SMILES string of the molecule is CC1(C)CCOc2c(C3CC3)cc(CN3CCC4(CC3)CC(c3ccccc3)=NO4)cc21. The van der Waals surface area contributed by atoms with E-state index in [2.05, 4.69) is 66.4 Å². The average molecular weight is 431 g/mol. The second kappa shape index (κ2) is 7.62. The molecule has 1 aliphatic carbocycles. The van der Waals surface area contributed by atoms with E-state index >= 15 is 0 Å². The van der Waals surface area contributed by atoms with Crippen molar-refractivity contribution in [3.05, 3.63) is 64.7 Å². The molecule has 0 bridgehead atoms. The Morgan fingerprint density at radius 1 is 1.03 bits per heavy atom. The van der Waals surface area contributed by atoms with Crippen LogP contribution in [0.3, 0.4) is 0 Å². The first-order valence-electron chi connectivity index (χ1n) is 12.3. The summed E-state index contributed by atoms with van der Waals surface area (Å²) in [5.41, 5.74) is 6.74. The Balaban J connectivity index is 1.15. The molecule has 0 amide bonds. The first kappa shape index (κ1) is 20.3. The molecule has 0 aromatic heterocycles. The van der Waals surface area contributed by atoms with Crippen LogP contribution in [0.5, 0.6) is 5.75 Å². The second-order valence-corrected chi connectivity index (χ2v) is 10.9. The molecule has 0 unspecified atom stereocenters. The fraction of sp³-hybridized carbons (Fsp3) is 0.536. The van der Waals surface area contributed by atoms with E-state index in [0.717, 1.165) is 57.6 Å². The maximum atomic E-state index is 6.20. The molecule has 1 saturated heterocycles. The van der Waals surface area contributed by atoms with Gasteiger partial charge in [0, 0.05) is 44.5 Å². The van der Waals surface area contributed by atoms with Gasteiger partial charge >= 0.3 is 0 Å². The third-order valence-corrected chi connectivity index (χ3v) is 8.02. The van der Waals surface area contributed by atoms with E-state index in [4.69, 9.17) is 9.57 Å². The largest absolute Gasteiger partial charge is 0.493 e. The number of rotatable bonds is 4. The fourth-order valence-electron chi connectivity index (χ4n) is 5.66. The van der Waals surface area contributed by atoms with Gasteiger partial charge in [-0.3, -0.25) is 4.90 Å². The van der Waals surface area contributed by atoms with Gasteiger partial charge in [0.15, 0.2) is 0 Å². The van der Waals surface area contributed by atoms with Crippen LogP contribution in [-0.2, 0) is 16.8 Å². The number of likely N-dealkylation sites (tertiary alicyclic amines) is 1. The molecule has 168 valence electrons. The highest BCUT2D eigenvalue weighted by molar-refractivity contribution is 6.01. The quantitative estimate of drug-likeness (QED) is 0.616. The number of nitrogens with zero attached hydrogens (tertiary/aromatic N) is 2. The summed E-state index contributed by atoms with van der Waals surface area (Å²) in [5.74, 6) is 1.91. The maximum absolute atomic E-state index is 6.20. The van der Waals surface area contributed by atoms with Crippen molar-refractivity contribution in [1.82, 2.24) is 4.90 Å². The minimum atomic E-state index is -0.105. The molecule has 0 radical (unpaired) electrons. The summed E-state index contributed by atoms with van der Waals surface area (Å²) in [5, 5.41) is 4.48. The van der Waals surface area contributed by atoms with Crippen LogP contribution in [0.4, 0.5) is 0 Å². The van der Waals surface area contributed by atoms with Gasteiger partial charge in [0.1, 0.15) is 11.4 Å². The number of ether oxygens (including phenoxy) is 1. The van der Waals surface area contributed by atoms with Crippen LogP contribution in [0.25, 0.3) is 0 Å². The summed E-state index contributed by atoms with van der Waals surface area (Å²) in [4.78, 5) is 8.65. The van der Waals surface area contributed by atoms with E-state index in [9.17, 15) is 0 Å². The first-order valence-corrected chi connectivity index (χ1v) is 12.3. The predicted molar refractivity (Wildman–Crippen MR) is 127 cm³/mol. The molecule has 2 aromatic carbocycles. The zero-order valence-electron chi connectivity index (χ0n) is 19.4. The van der Waals surface area contributed by atoms with Crippen molar-refractivity contribution >= 4 is 5.71 Å². The topological polar surface area (TPSA) is 34.1 Å². The van der Waals surface area contributed by atoms with Crippen molar-refractivity contribution in [1.29, 1.82) is 0 Å². The van der Waals surface area contributed by atoms with E-state index in [-0.39, 0.29) is 11.0 Å². The van der Waals surface area contributed by atoms with Gasteiger partial charge < -0.3 is 9.57 Å². The minimum absolute atomic E-state index is 0.105. The number of fused-ring (bicyclic) bond motifs is 1. The molecule has 1 spiro atoms. The van der Waals surface area contributed by atoms with E-state index in [1.54, 1.807) is 0 Å². The zero-order valence-corrected chi connectivity index (χ0v) is 19.4. The standard InChI is InChI=1S/C28H34N2O2/c1-27(2)12-15-31-26-23(21-8-9-21)16-20(17-24(26)27)19-30-13-10-28(11-14-30)18-25(29-32-28)22-6-4-3-5-7-22/h3-7,16-17,21H,8-15,18-19H2,1-2H3. The van der Waals surface area contributed by atoms with E-state index in [1.807, 2.05) is 0 Å². The Morgan fingerprint density at radius 2 is 1.81 bits per heavy atom. The number of piperidine rings is 1. The molecule has 6 rings (SSSR count). The molecule has 1 saturated carbocycles. The van der Waals surface area contributed by atoms with Gasteiger partial charge in [-0.25, -0.2) is 0 Å². The molecule has 0 N–H and O–H groups in total. The predicted octanol–water partition coefficient (Wildman–Crippen LogP) is 5.78. The lowest BCUT2D eigenvalue weighted by Gasteiger charge is -2.38. The van der Waals surface area contributed by atoms with Gasteiger partial charge in [-0.2, -0.15) is 0 Å². The smallest absolute Gasteiger partial charge is 0.145 e. The Kier molecular flexibility index (Phi) is 4.83. The Bertz CT molecular complexity index is 1030. The van der Waals surface area contributed by atoms with Crippen molar-refractivity contribution in [2.75, 3.05) is 19.7 Å². The van der Waals surface area contributed by atoms with Crippen LogP contribution in [0.1, 0.15) is 80.5 Å². The highest BCUT2D eigenvalue weighted by Gasteiger charge is 2.42. The van der Waals surface area contributed by atoms with Crippen LogP contribution < -0.4 is 4.74 Å². The number of hydrogen-bond donors (Lipinski definition) is 0. The van der Waals surface area contributed by atoms with Crippen LogP contribution in [0.15, 0.2) is 47.6 Å². The number of oxime groups is 1. The second-order valence-electron chi connectivity index (χ2n) is 10.9. The van der Waals surface area contributed by atoms with Gasteiger partial charge in [-0.05, 0) is 47.3 Å². The highest BCUT2D eigenvalue weighted by Crippen LogP contribution is 2.50. The molecule has 3 heterocycles. The highest BCUT2D eigenvalue weighted by atomic mass is 16.7. The molecule has 4 nitrogen and oxygen atoms in total. The summed E-state index contributed by atoms with van der Waals surface area (Å²) in [6, 6.07) is 15.4. The number of hydrogen-bond acceptors (Lipinski definition) is 4. The Morgan fingerprint density at radius 3 is 2.56 bits per heavy atom. The van der Waals surface area contributed by atoms with Crippen molar-refractivity contribution in [2.45, 2.75) is 75.9 Å². The van der Waals surface area contributed by atoms with Gasteiger partial charge in [0.2, 0.25) is 0 Å². The number of benzene rings is 2. The van der Waals surface area contributed by atoms with Crippen molar-refractivity contribution in [3.63, 3.8) is 0 Å². The molecule has 4 aliphatic rings. The lowest BCUT2D eigenvalue weighted by atomic mass is 9.77. The fourth-order valence-corrected chi connectivity index (χ4v) is 5.66. The lowest BCUT2D eigenvalue weighted by Crippen LogP contribution is -2.44. The third kappa shape index (κ3) is 3.73. The minimum Gasteiger partial charge on any atom is -0.493 e. The summed E-state index contributed by atoms with van der Waals surface area (Å²) in [6.07, 6.45) is 6.74. The molecule has 2 aromatic rings. The Labute approximate surface area is 191 Å². The van der Waals surface area contributed by atoms with Gasteiger partial charge in [0.05, 0.1) is 12.3 Å². The molecular formula is C28H34N2O2. The van der Waals surface area contributed by atoms with Crippen LogP contribution in [0, 0.1) is 0 Å². The summed E-state index contributed by atoms with van der Waals surface area (Å²) < 4.78 is 6.20. The molecule has 4 heteroatoms. The van der Waals surface area contributed by atoms with Crippen molar-refractivity contribution < 1.29 is 9.57 Å². The molecule has 3 aliphatic heterocycles. The molecule has 2 fully saturated rings. The lowest BCUT2D eigenvalue weighted by molar-refractivity contribution is -0.0627. The molecule has 0 atom stereocenters. The van der Waals surface area contributed by atoms with E-state index in [0.29, 0.717) is 5.92 Å². The van der Waals surface area contributed by atoms with E-state index < -0.39 is 0 Å². The van der Waals surface area contributed by atoms with Gasteiger partial charge in [-0.15, -0.1) is 0 Å².